The molecule has 3 N–H and O–H groups in total. The first kappa shape index (κ1) is 17.6. The Kier molecular flexibility index (Phi) is 5.51. The molecule has 0 saturated heterocycles. The van der Waals surface area contributed by atoms with E-state index in [1.54, 1.807) is 12.1 Å². The van der Waals surface area contributed by atoms with E-state index in [0.29, 0.717) is 4.47 Å². The van der Waals surface area contributed by atoms with Gasteiger partial charge in [0.15, 0.2) is 5.78 Å². The number of carbonyl (C=O) groups is 2. The second kappa shape index (κ2) is 7.21. The zero-order valence-corrected chi connectivity index (χ0v) is 14.4. The van der Waals surface area contributed by atoms with Crippen LogP contribution in [-0.2, 0) is 4.79 Å². The summed E-state index contributed by atoms with van der Waals surface area (Å²) in [6.45, 7) is 1.51. The maximum absolute atomic E-state index is 13.9. The van der Waals surface area contributed by atoms with Gasteiger partial charge < -0.3 is 11.1 Å². The fraction of sp³-hybridized carbons (Fsp3) is 0.125. The third-order valence-electron chi connectivity index (χ3n) is 3.11. The van der Waals surface area contributed by atoms with Gasteiger partial charge in [-0.25, -0.2) is 4.39 Å². The monoisotopic (exact) mass is 398 g/mol. The predicted molar refractivity (Wildman–Crippen MR) is 91.3 cm³/mol. The van der Waals surface area contributed by atoms with Crippen molar-refractivity contribution in [3.05, 3.63) is 62.8 Å². The van der Waals surface area contributed by atoms with Gasteiger partial charge in [-0.05, 0) is 47.1 Å². The van der Waals surface area contributed by atoms with Gasteiger partial charge in [0, 0.05) is 4.47 Å². The fourth-order valence-corrected chi connectivity index (χ4v) is 2.48. The summed E-state index contributed by atoms with van der Waals surface area (Å²) in [7, 11) is 0. The van der Waals surface area contributed by atoms with Crippen LogP contribution in [0.2, 0.25) is 5.02 Å². The molecule has 0 heterocycles. The number of hydrogen-bond acceptors (Lipinski definition) is 3. The van der Waals surface area contributed by atoms with Crippen LogP contribution in [0.3, 0.4) is 0 Å². The van der Waals surface area contributed by atoms with Crippen LogP contribution in [0, 0.1) is 5.82 Å². The van der Waals surface area contributed by atoms with E-state index >= 15 is 0 Å². The standard InChI is InChI=1S/C16H13BrClFN2O2/c1-8(20)16(23)21-12-7-6-10(17)14(18)13(12)15(22)9-4-2-3-5-11(9)19/h2-8H,20H2,1H3,(H,21,23). The zero-order chi connectivity index (χ0) is 17.1. The highest BCUT2D eigenvalue weighted by Crippen LogP contribution is 2.34. The van der Waals surface area contributed by atoms with Crippen LogP contribution in [-0.4, -0.2) is 17.7 Å². The number of anilines is 1. The molecule has 120 valence electrons. The van der Waals surface area contributed by atoms with Crippen LogP contribution in [0.25, 0.3) is 0 Å². The van der Waals surface area contributed by atoms with Gasteiger partial charge in [0.1, 0.15) is 5.82 Å². The first-order valence-electron chi connectivity index (χ1n) is 6.66. The van der Waals surface area contributed by atoms with Crippen LogP contribution in [0.4, 0.5) is 10.1 Å². The summed E-state index contributed by atoms with van der Waals surface area (Å²) < 4.78 is 14.4. The van der Waals surface area contributed by atoms with Crippen molar-refractivity contribution in [2.75, 3.05) is 5.32 Å². The third-order valence-corrected chi connectivity index (χ3v) is 4.39. The lowest BCUT2D eigenvalue weighted by atomic mass is 10.0. The van der Waals surface area contributed by atoms with Crippen LogP contribution in [0.1, 0.15) is 22.8 Å². The van der Waals surface area contributed by atoms with Crippen LogP contribution in [0.15, 0.2) is 40.9 Å². The second-order valence-corrected chi connectivity index (χ2v) is 6.10. The van der Waals surface area contributed by atoms with Crippen molar-refractivity contribution in [2.45, 2.75) is 13.0 Å². The lowest BCUT2D eigenvalue weighted by molar-refractivity contribution is -0.117. The number of nitrogens with two attached hydrogens (primary N) is 1. The van der Waals surface area contributed by atoms with E-state index in [9.17, 15) is 14.0 Å². The molecule has 1 atom stereocenters. The quantitative estimate of drug-likeness (QED) is 0.769. The summed E-state index contributed by atoms with van der Waals surface area (Å²) in [6, 6.07) is 7.87. The Morgan fingerprint density at radius 3 is 2.52 bits per heavy atom. The van der Waals surface area contributed by atoms with Crippen molar-refractivity contribution in [2.24, 2.45) is 5.73 Å². The highest BCUT2D eigenvalue weighted by atomic mass is 79.9. The van der Waals surface area contributed by atoms with Crippen molar-refractivity contribution in [1.29, 1.82) is 0 Å². The SMILES string of the molecule is CC(N)C(=O)Nc1ccc(Br)c(Cl)c1C(=O)c1ccccc1F. The lowest BCUT2D eigenvalue weighted by Crippen LogP contribution is -2.33. The molecule has 23 heavy (non-hydrogen) atoms. The maximum Gasteiger partial charge on any atom is 0.241 e. The number of amides is 1. The highest BCUT2D eigenvalue weighted by Gasteiger charge is 2.23. The Morgan fingerprint density at radius 2 is 1.91 bits per heavy atom. The van der Waals surface area contributed by atoms with E-state index < -0.39 is 23.5 Å². The highest BCUT2D eigenvalue weighted by molar-refractivity contribution is 9.10. The molecule has 7 heteroatoms. The second-order valence-electron chi connectivity index (χ2n) is 4.87. The minimum absolute atomic E-state index is 0.000131. The smallest absolute Gasteiger partial charge is 0.241 e. The van der Waals surface area contributed by atoms with Crippen molar-refractivity contribution in [1.82, 2.24) is 0 Å². The predicted octanol–water partition coefficient (Wildman–Crippen LogP) is 3.76. The normalized spacial score (nSPS) is 11.9. The topological polar surface area (TPSA) is 72.2 Å². The van der Waals surface area contributed by atoms with Crippen molar-refractivity contribution < 1.29 is 14.0 Å². The Labute approximate surface area is 145 Å². The van der Waals surface area contributed by atoms with Gasteiger partial charge in [0.05, 0.1) is 27.9 Å². The molecule has 0 fully saturated rings. The Hall–Kier alpha value is -1.76. The molecule has 1 unspecified atom stereocenters. The molecule has 0 radical (unpaired) electrons. The van der Waals surface area contributed by atoms with E-state index in [1.165, 1.54) is 31.2 Å². The number of benzene rings is 2. The van der Waals surface area contributed by atoms with Crippen molar-refractivity contribution in [3.8, 4) is 0 Å². The van der Waals surface area contributed by atoms with E-state index in [4.69, 9.17) is 17.3 Å². The van der Waals surface area contributed by atoms with Crippen molar-refractivity contribution in [3.63, 3.8) is 0 Å². The third kappa shape index (κ3) is 3.77. The average molecular weight is 400 g/mol. The minimum Gasteiger partial charge on any atom is -0.324 e. The molecule has 0 aliphatic heterocycles. The molecule has 4 nitrogen and oxygen atoms in total. The molecular weight excluding hydrogens is 387 g/mol. The molecule has 0 aliphatic carbocycles. The average Bonchev–Trinajstić information content (AvgIpc) is 2.51. The summed E-state index contributed by atoms with van der Waals surface area (Å²) in [6.07, 6.45) is 0. The summed E-state index contributed by atoms with van der Waals surface area (Å²) in [4.78, 5) is 24.5. The molecule has 0 saturated carbocycles. The van der Waals surface area contributed by atoms with Crippen LogP contribution < -0.4 is 11.1 Å². The molecule has 2 rings (SSSR count). The van der Waals surface area contributed by atoms with E-state index in [-0.39, 0.29) is 21.8 Å². The lowest BCUT2D eigenvalue weighted by Gasteiger charge is -2.14. The largest absolute Gasteiger partial charge is 0.324 e. The van der Waals surface area contributed by atoms with Crippen LogP contribution in [0.5, 0.6) is 0 Å². The number of nitrogens with one attached hydrogen (secondary N) is 1. The number of carbonyl (C=O) groups excluding carboxylic acids is 2. The molecule has 1 amide bonds. The molecular formula is C16H13BrClFN2O2. The van der Waals surface area contributed by atoms with Gasteiger partial charge in [-0.3, -0.25) is 9.59 Å². The Morgan fingerprint density at radius 1 is 1.26 bits per heavy atom. The van der Waals surface area contributed by atoms with Gasteiger partial charge in [0.2, 0.25) is 5.91 Å². The van der Waals surface area contributed by atoms with Gasteiger partial charge >= 0.3 is 0 Å². The molecule has 0 aliphatic rings. The Bertz CT molecular complexity index is 781. The zero-order valence-electron chi connectivity index (χ0n) is 12.1. The number of halogens is 3. The summed E-state index contributed by atoms with van der Waals surface area (Å²) in [5.74, 6) is -1.78. The van der Waals surface area contributed by atoms with Crippen LogP contribution >= 0.6 is 27.5 Å². The summed E-state index contributed by atoms with van der Waals surface area (Å²) >= 11 is 9.41. The van der Waals surface area contributed by atoms with E-state index in [0.717, 1.165) is 0 Å². The van der Waals surface area contributed by atoms with E-state index in [1.807, 2.05) is 0 Å². The fourth-order valence-electron chi connectivity index (χ4n) is 1.90. The van der Waals surface area contributed by atoms with Gasteiger partial charge in [-0.2, -0.15) is 0 Å². The number of rotatable bonds is 4. The molecule has 0 spiro atoms. The number of hydrogen-bond donors (Lipinski definition) is 2. The molecule has 2 aromatic rings. The van der Waals surface area contributed by atoms with E-state index in [2.05, 4.69) is 21.2 Å². The molecule has 2 aromatic carbocycles. The first-order chi connectivity index (χ1) is 10.8. The van der Waals surface area contributed by atoms with Gasteiger partial charge in [-0.15, -0.1) is 0 Å². The first-order valence-corrected chi connectivity index (χ1v) is 7.83. The summed E-state index contributed by atoms with van der Waals surface area (Å²) in [5.41, 5.74) is 5.55. The Balaban J connectivity index is 2.56. The minimum atomic E-state index is -0.770. The van der Waals surface area contributed by atoms with Crippen molar-refractivity contribution >= 4 is 44.9 Å². The summed E-state index contributed by atoms with van der Waals surface area (Å²) in [5, 5.41) is 2.62. The maximum atomic E-state index is 13.9. The number of ketones is 1. The van der Waals surface area contributed by atoms with Gasteiger partial charge in [0.25, 0.3) is 0 Å². The van der Waals surface area contributed by atoms with Gasteiger partial charge in [-0.1, -0.05) is 23.7 Å². The molecule has 0 aromatic heterocycles. The molecule has 0 bridgehead atoms.